The maximum atomic E-state index is 12.8. The normalized spacial score (nSPS) is 17.1. The van der Waals surface area contributed by atoms with Crippen molar-refractivity contribution in [2.45, 2.75) is 37.6 Å². The largest absolute Gasteiger partial charge is 0.493 e. The maximum absolute atomic E-state index is 12.8. The van der Waals surface area contributed by atoms with Gasteiger partial charge in [-0.3, -0.25) is 4.90 Å². The molecule has 154 valence electrons. The number of nitrogens with zero attached hydrogens (tertiary/aromatic N) is 1. The van der Waals surface area contributed by atoms with E-state index in [-0.39, 0.29) is 10.9 Å². The van der Waals surface area contributed by atoms with Crippen molar-refractivity contribution in [3.05, 3.63) is 18.2 Å². The second-order valence-corrected chi connectivity index (χ2v) is 8.43. The number of benzene rings is 1. The van der Waals surface area contributed by atoms with Gasteiger partial charge in [-0.2, -0.15) is 0 Å². The van der Waals surface area contributed by atoms with Gasteiger partial charge in [0.1, 0.15) is 0 Å². The fraction of sp³-hybridized carbons (Fsp3) is 0.684. The lowest BCUT2D eigenvalue weighted by Crippen LogP contribution is -2.52. The summed E-state index contributed by atoms with van der Waals surface area (Å²) in [5.41, 5.74) is 0. The number of methoxy groups -OCH3 is 2. The van der Waals surface area contributed by atoms with Gasteiger partial charge in [0.15, 0.2) is 11.5 Å². The summed E-state index contributed by atoms with van der Waals surface area (Å²) in [5, 5.41) is 0. The number of ether oxygens (including phenoxy) is 3. The monoisotopic (exact) mass is 400 g/mol. The van der Waals surface area contributed by atoms with E-state index in [9.17, 15) is 8.42 Å². The van der Waals surface area contributed by atoms with Crippen molar-refractivity contribution in [1.82, 2.24) is 9.62 Å². The van der Waals surface area contributed by atoms with Gasteiger partial charge in [-0.15, -0.1) is 0 Å². The summed E-state index contributed by atoms with van der Waals surface area (Å²) in [7, 11) is -0.635. The number of nitrogens with one attached hydrogen (secondary N) is 1. The standard InChI is InChI=1S/C19H32N2O5S/c1-5-15(6-2)17(21-9-11-26-12-10-21)14-20-27(22,23)16-7-8-18(24-3)19(13-16)25-4/h7-8,13,15,17,20H,5-6,9-12,14H2,1-4H3. The number of sulfonamides is 1. The molecule has 1 aliphatic heterocycles. The van der Waals surface area contributed by atoms with Crippen molar-refractivity contribution < 1.29 is 22.6 Å². The van der Waals surface area contributed by atoms with Crippen molar-refractivity contribution >= 4 is 10.0 Å². The number of hydrogen-bond acceptors (Lipinski definition) is 6. The maximum Gasteiger partial charge on any atom is 0.240 e. The Bertz CT molecular complexity index is 685. The quantitative estimate of drug-likeness (QED) is 0.648. The fourth-order valence-electron chi connectivity index (χ4n) is 3.60. The molecule has 1 atom stereocenters. The van der Waals surface area contributed by atoms with E-state index in [0.717, 1.165) is 25.9 Å². The minimum Gasteiger partial charge on any atom is -0.493 e. The first kappa shape index (κ1) is 21.9. The highest BCUT2D eigenvalue weighted by atomic mass is 32.2. The van der Waals surface area contributed by atoms with Crippen LogP contribution in [0.25, 0.3) is 0 Å². The topological polar surface area (TPSA) is 77.1 Å². The highest BCUT2D eigenvalue weighted by Gasteiger charge is 2.28. The van der Waals surface area contributed by atoms with Crippen LogP contribution < -0.4 is 14.2 Å². The summed E-state index contributed by atoms with van der Waals surface area (Å²) >= 11 is 0. The van der Waals surface area contributed by atoms with E-state index >= 15 is 0 Å². The average Bonchev–Trinajstić information content (AvgIpc) is 2.71. The molecule has 0 radical (unpaired) electrons. The lowest BCUT2D eigenvalue weighted by molar-refractivity contribution is 0.00297. The molecule has 1 aliphatic rings. The van der Waals surface area contributed by atoms with Crippen LogP contribution in [0.4, 0.5) is 0 Å². The van der Waals surface area contributed by atoms with E-state index in [0.29, 0.717) is 37.2 Å². The van der Waals surface area contributed by atoms with Crippen LogP contribution in [0.5, 0.6) is 11.5 Å². The molecule has 1 heterocycles. The molecule has 1 aromatic rings. The van der Waals surface area contributed by atoms with Gasteiger partial charge >= 0.3 is 0 Å². The van der Waals surface area contributed by atoms with E-state index in [2.05, 4.69) is 23.5 Å². The van der Waals surface area contributed by atoms with E-state index < -0.39 is 10.0 Å². The minimum absolute atomic E-state index is 0.152. The lowest BCUT2D eigenvalue weighted by Gasteiger charge is -2.38. The van der Waals surface area contributed by atoms with Crippen LogP contribution in [0.2, 0.25) is 0 Å². The molecule has 0 amide bonds. The molecule has 2 rings (SSSR count). The third-order valence-corrected chi connectivity index (χ3v) is 6.68. The van der Waals surface area contributed by atoms with Gasteiger partial charge in [0.05, 0.1) is 32.3 Å². The molecular formula is C19H32N2O5S. The summed E-state index contributed by atoms with van der Waals surface area (Å²) in [6.07, 6.45) is 2.02. The Morgan fingerprint density at radius 1 is 1.11 bits per heavy atom. The molecule has 0 aliphatic carbocycles. The summed E-state index contributed by atoms with van der Waals surface area (Å²) in [6.45, 7) is 7.74. The highest BCUT2D eigenvalue weighted by Crippen LogP contribution is 2.29. The van der Waals surface area contributed by atoms with Gasteiger partial charge in [0, 0.05) is 31.7 Å². The molecule has 0 bridgehead atoms. The zero-order chi connectivity index (χ0) is 19.9. The van der Waals surface area contributed by atoms with Gasteiger partial charge < -0.3 is 14.2 Å². The van der Waals surface area contributed by atoms with E-state index in [1.165, 1.54) is 26.4 Å². The number of hydrogen-bond donors (Lipinski definition) is 1. The van der Waals surface area contributed by atoms with Crippen molar-refractivity contribution in [2.24, 2.45) is 5.92 Å². The SMILES string of the molecule is CCC(CC)C(CNS(=O)(=O)c1ccc(OC)c(OC)c1)N1CCOCC1. The Hall–Kier alpha value is -1.35. The molecule has 0 aromatic heterocycles. The summed E-state index contributed by atoms with van der Waals surface area (Å²) in [4.78, 5) is 2.52. The summed E-state index contributed by atoms with van der Waals surface area (Å²) < 4.78 is 44.3. The Labute approximate surface area is 163 Å². The van der Waals surface area contributed by atoms with Crippen LogP contribution in [0, 0.1) is 5.92 Å². The van der Waals surface area contributed by atoms with Crippen molar-refractivity contribution in [3.8, 4) is 11.5 Å². The molecule has 8 heteroatoms. The first-order valence-electron chi connectivity index (χ1n) is 9.50. The molecule has 7 nitrogen and oxygen atoms in total. The minimum atomic E-state index is -3.65. The molecule has 0 saturated carbocycles. The zero-order valence-electron chi connectivity index (χ0n) is 16.7. The first-order valence-corrected chi connectivity index (χ1v) is 11.0. The number of rotatable bonds is 10. The lowest BCUT2D eigenvalue weighted by atomic mass is 9.92. The summed E-state index contributed by atoms with van der Waals surface area (Å²) in [5.74, 6) is 1.32. The van der Waals surface area contributed by atoms with Crippen LogP contribution in [0.1, 0.15) is 26.7 Å². The molecule has 1 aromatic carbocycles. The molecule has 0 spiro atoms. The third kappa shape index (κ3) is 5.57. The number of morpholine rings is 1. The summed E-state index contributed by atoms with van der Waals surface area (Å²) in [6, 6.07) is 4.78. The van der Waals surface area contributed by atoms with Gasteiger partial charge in [-0.25, -0.2) is 13.1 Å². The molecule has 1 fully saturated rings. The van der Waals surface area contributed by atoms with Crippen LogP contribution in [-0.4, -0.2) is 66.4 Å². The van der Waals surface area contributed by atoms with Crippen molar-refractivity contribution in [2.75, 3.05) is 47.1 Å². The van der Waals surface area contributed by atoms with Crippen molar-refractivity contribution in [1.29, 1.82) is 0 Å². The Morgan fingerprint density at radius 2 is 1.74 bits per heavy atom. The van der Waals surface area contributed by atoms with Gasteiger partial charge in [0.2, 0.25) is 10.0 Å². The second-order valence-electron chi connectivity index (χ2n) is 6.66. The Kier molecular flexibility index (Phi) is 8.34. The van der Waals surface area contributed by atoms with E-state index in [1.807, 2.05) is 0 Å². The molecule has 27 heavy (non-hydrogen) atoms. The fourth-order valence-corrected chi connectivity index (χ4v) is 4.66. The van der Waals surface area contributed by atoms with E-state index in [4.69, 9.17) is 14.2 Å². The molecule has 1 unspecified atom stereocenters. The Balaban J connectivity index is 2.16. The van der Waals surface area contributed by atoms with Gasteiger partial charge in [-0.05, 0) is 18.1 Å². The molecular weight excluding hydrogens is 368 g/mol. The van der Waals surface area contributed by atoms with Gasteiger partial charge in [-0.1, -0.05) is 26.7 Å². The second kappa shape index (κ2) is 10.3. The third-order valence-electron chi connectivity index (χ3n) is 5.26. The predicted octanol–water partition coefficient (Wildman–Crippen LogP) is 2.12. The van der Waals surface area contributed by atoms with Crippen LogP contribution >= 0.6 is 0 Å². The molecule has 1 saturated heterocycles. The zero-order valence-corrected chi connectivity index (χ0v) is 17.5. The van der Waals surface area contributed by atoms with Gasteiger partial charge in [0.25, 0.3) is 0 Å². The smallest absolute Gasteiger partial charge is 0.240 e. The van der Waals surface area contributed by atoms with Crippen LogP contribution in [0.3, 0.4) is 0 Å². The van der Waals surface area contributed by atoms with Crippen LogP contribution in [-0.2, 0) is 14.8 Å². The highest BCUT2D eigenvalue weighted by molar-refractivity contribution is 7.89. The average molecular weight is 401 g/mol. The van der Waals surface area contributed by atoms with Crippen molar-refractivity contribution in [3.63, 3.8) is 0 Å². The van der Waals surface area contributed by atoms with E-state index in [1.54, 1.807) is 6.07 Å². The first-order chi connectivity index (χ1) is 13.0. The molecule has 1 N–H and O–H groups in total. The Morgan fingerprint density at radius 3 is 2.30 bits per heavy atom. The van der Waals surface area contributed by atoms with Crippen LogP contribution in [0.15, 0.2) is 23.1 Å². The predicted molar refractivity (Wildman–Crippen MR) is 105 cm³/mol.